The van der Waals surface area contributed by atoms with Crippen molar-refractivity contribution in [3.05, 3.63) is 29.3 Å². The molecular formula is C17H25NO2. The number of hydrogen-bond donors (Lipinski definition) is 2. The van der Waals surface area contributed by atoms with Crippen LogP contribution in [0.2, 0.25) is 0 Å². The van der Waals surface area contributed by atoms with Crippen molar-refractivity contribution in [3.8, 4) is 0 Å². The Morgan fingerprint density at radius 1 is 1.25 bits per heavy atom. The van der Waals surface area contributed by atoms with Crippen LogP contribution in [-0.4, -0.2) is 16.6 Å². The van der Waals surface area contributed by atoms with Crippen LogP contribution in [0.1, 0.15) is 57.1 Å². The van der Waals surface area contributed by atoms with Crippen molar-refractivity contribution in [2.24, 2.45) is 0 Å². The van der Waals surface area contributed by atoms with Gasteiger partial charge in [-0.1, -0.05) is 38.8 Å². The van der Waals surface area contributed by atoms with Crippen molar-refractivity contribution in [2.45, 2.75) is 64.4 Å². The summed E-state index contributed by atoms with van der Waals surface area (Å²) in [6.07, 6.45) is 5.60. The summed E-state index contributed by atoms with van der Waals surface area (Å²) in [5, 5.41) is 13.3. The van der Waals surface area contributed by atoms with Gasteiger partial charge in [0, 0.05) is 5.69 Å². The fourth-order valence-corrected chi connectivity index (χ4v) is 2.97. The van der Waals surface area contributed by atoms with Crippen LogP contribution in [0.5, 0.6) is 0 Å². The molecule has 3 heteroatoms. The van der Waals surface area contributed by atoms with Gasteiger partial charge < -0.3 is 10.4 Å². The predicted molar refractivity (Wildman–Crippen MR) is 81.9 cm³/mol. The molecule has 110 valence electrons. The van der Waals surface area contributed by atoms with Crippen molar-refractivity contribution >= 4 is 11.6 Å². The molecular weight excluding hydrogens is 250 g/mol. The molecule has 0 radical (unpaired) electrons. The maximum absolute atomic E-state index is 12.2. The average molecular weight is 275 g/mol. The molecule has 0 spiro atoms. The number of aryl methyl sites for hydroxylation is 2. The minimum absolute atomic E-state index is 0.0719. The van der Waals surface area contributed by atoms with Gasteiger partial charge in [0.15, 0.2) is 0 Å². The fourth-order valence-electron chi connectivity index (χ4n) is 2.97. The zero-order valence-corrected chi connectivity index (χ0v) is 12.5. The molecule has 1 aliphatic rings. The first-order valence-electron chi connectivity index (χ1n) is 7.70. The van der Waals surface area contributed by atoms with Crippen molar-refractivity contribution < 1.29 is 9.90 Å². The Morgan fingerprint density at radius 2 is 1.95 bits per heavy atom. The minimum Gasteiger partial charge on any atom is -0.389 e. The van der Waals surface area contributed by atoms with Gasteiger partial charge in [0.25, 0.3) is 0 Å². The number of hydrogen-bond acceptors (Lipinski definition) is 2. The third-order valence-electron chi connectivity index (χ3n) is 4.26. The predicted octanol–water partition coefficient (Wildman–Crippen LogP) is 3.45. The van der Waals surface area contributed by atoms with E-state index >= 15 is 0 Å². The van der Waals surface area contributed by atoms with Gasteiger partial charge >= 0.3 is 0 Å². The molecule has 1 amide bonds. The molecule has 0 atom stereocenters. The van der Waals surface area contributed by atoms with Gasteiger partial charge in [-0.2, -0.15) is 0 Å². The van der Waals surface area contributed by atoms with E-state index in [1.165, 1.54) is 5.56 Å². The summed E-state index contributed by atoms with van der Waals surface area (Å²) in [7, 11) is 0. The molecule has 0 heterocycles. The van der Waals surface area contributed by atoms with E-state index in [0.717, 1.165) is 49.8 Å². The van der Waals surface area contributed by atoms with Crippen LogP contribution >= 0.6 is 0 Å². The Balaban J connectivity index is 2.06. The molecule has 1 saturated carbocycles. The lowest BCUT2D eigenvalue weighted by Crippen LogP contribution is -2.31. The Hall–Kier alpha value is -1.35. The number of carbonyl (C=O) groups excluding carboxylic acids is 1. The van der Waals surface area contributed by atoms with Gasteiger partial charge in [-0.3, -0.25) is 4.79 Å². The molecule has 1 aromatic carbocycles. The standard InChI is InChI=1S/C17H25NO2/c1-3-13-7-8-14(4-2)15(11-13)18-16(19)12-17(20)9-5-6-10-17/h7-8,11,20H,3-6,9-10,12H2,1-2H3,(H,18,19). The van der Waals surface area contributed by atoms with Crippen LogP contribution in [0.25, 0.3) is 0 Å². The van der Waals surface area contributed by atoms with Gasteiger partial charge in [0.05, 0.1) is 12.0 Å². The SMILES string of the molecule is CCc1ccc(CC)c(NC(=O)CC2(O)CCCC2)c1. The summed E-state index contributed by atoms with van der Waals surface area (Å²) >= 11 is 0. The number of nitrogens with one attached hydrogen (secondary N) is 1. The number of anilines is 1. The maximum Gasteiger partial charge on any atom is 0.227 e. The third kappa shape index (κ3) is 3.60. The minimum atomic E-state index is -0.779. The largest absolute Gasteiger partial charge is 0.389 e. The number of aliphatic hydroxyl groups is 1. The van der Waals surface area contributed by atoms with Crippen LogP contribution in [0.15, 0.2) is 18.2 Å². The topological polar surface area (TPSA) is 49.3 Å². The Morgan fingerprint density at radius 3 is 2.55 bits per heavy atom. The van der Waals surface area contributed by atoms with E-state index in [9.17, 15) is 9.90 Å². The zero-order chi connectivity index (χ0) is 14.6. The van der Waals surface area contributed by atoms with E-state index < -0.39 is 5.60 Å². The summed E-state index contributed by atoms with van der Waals surface area (Å²) in [4.78, 5) is 12.2. The monoisotopic (exact) mass is 275 g/mol. The highest BCUT2D eigenvalue weighted by molar-refractivity contribution is 5.92. The van der Waals surface area contributed by atoms with Gasteiger partial charge in [-0.25, -0.2) is 0 Å². The zero-order valence-electron chi connectivity index (χ0n) is 12.5. The van der Waals surface area contributed by atoms with Crippen LogP contribution in [-0.2, 0) is 17.6 Å². The lowest BCUT2D eigenvalue weighted by molar-refractivity contribution is -0.120. The Labute approximate surface area is 121 Å². The first-order chi connectivity index (χ1) is 9.56. The lowest BCUT2D eigenvalue weighted by atomic mass is 9.97. The summed E-state index contributed by atoms with van der Waals surface area (Å²) in [6, 6.07) is 6.24. The van der Waals surface area contributed by atoms with E-state index in [1.54, 1.807) is 0 Å². The molecule has 20 heavy (non-hydrogen) atoms. The molecule has 0 unspecified atom stereocenters. The van der Waals surface area contributed by atoms with E-state index in [-0.39, 0.29) is 12.3 Å². The summed E-state index contributed by atoms with van der Waals surface area (Å²) in [5.41, 5.74) is 2.49. The summed E-state index contributed by atoms with van der Waals surface area (Å²) in [6.45, 7) is 4.19. The molecule has 0 aliphatic heterocycles. The van der Waals surface area contributed by atoms with Crippen LogP contribution < -0.4 is 5.32 Å². The van der Waals surface area contributed by atoms with Crippen molar-refractivity contribution in [2.75, 3.05) is 5.32 Å². The van der Waals surface area contributed by atoms with E-state index in [2.05, 4.69) is 37.4 Å². The second-order valence-corrected chi connectivity index (χ2v) is 5.86. The molecule has 0 bridgehead atoms. The highest BCUT2D eigenvalue weighted by Crippen LogP contribution is 2.32. The number of amides is 1. The normalized spacial score (nSPS) is 17.1. The lowest BCUT2D eigenvalue weighted by Gasteiger charge is -2.21. The molecule has 0 saturated heterocycles. The highest BCUT2D eigenvalue weighted by Gasteiger charge is 2.33. The third-order valence-corrected chi connectivity index (χ3v) is 4.26. The first kappa shape index (κ1) is 15.0. The van der Waals surface area contributed by atoms with Crippen LogP contribution in [0, 0.1) is 0 Å². The molecule has 1 aliphatic carbocycles. The molecule has 0 aromatic heterocycles. The van der Waals surface area contributed by atoms with Gasteiger partial charge in [-0.05, 0) is 42.9 Å². The fraction of sp³-hybridized carbons (Fsp3) is 0.588. The van der Waals surface area contributed by atoms with E-state index in [0.29, 0.717) is 0 Å². The maximum atomic E-state index is 12.2. The Bertz CT molecular complexity index is 476. The highest BCUT2D eigenvalue weighted by atomic mass is 16.3. The van der Waals surface area contributed by atoms with Gasteiger partial charge in [0.1, 0.15) is 0 Å². The quantitative estimate of drug-likeness (QED) is 0.864. The van der Waals surface area contributed by atoms with Crippen molar-refractivity contribution in [3.63, 3.8) is 0 Å². The van der Waals surface area contributed by atoms with Crippen molar-refractivity contribution in [1.29, 1.82) is 0 Å². The average Bonchev–Trinajstić information content (AvgIpc) is 2.84. The number of rotatable bonds is 5. The van der Waals surface area contributed by atoms with E-state index in [4.69, 9.17) is 0 Å². The number of benzene rings is 1. The summed E-state index contributed by atoms with van der Waals surface area (Å²) in [5.74, 6) is -0.0719. The van der Waals surface area contributed by atoms with Gasteiger partial charge in [0.2, 0.25) is 5.91 Å². The van der Waals surface area contributed by atoms with E-state index in [1.807, 2.05) is 0 Å². The van der Waals surface area contributed by atoms with Gasteiger partial charge in [-0.15, -0.1) is 0 Å². The Kier molecular flexibility index (Phi) is 4.81. The molecule has 1 fully saturated rings. The number of carbonyl (C=O) groups is 1. The van der Waals surface area contributed by atoms with Crippen LogP contribution in [0.3, 0.4) is 0 Å². The first-order valence-corrected chi connectivity index (χ1v) is 7.70. The molecule has 3 nitrogen and oxygen atoms in total. The van der Waals surface area contributed by atoms with Crippen molar-refractivity contribution in [1.82, 2.24) is 0 Å². The second-order valence-electron chi connectivity index (χ2n) is 5.86. The molecule has 1 aromatic rings. The second kappa shape index (κ2) is 6.40. The molecule has 2 N–H and O–H groups in total. The molecule has 2 rings (SSSR count). The summed E-state index contributed by atoms with van der Waals surface area (Å²) < 4.78 is 0. The van der Waals surface area contributed by atoms with Crippen LogP contribution in [0.4, 0.5) is 5.69 Å². The smallest absolute Gasteiger partial charge is 0.227 e.